The number of benzene rings is 1. The number of nitrogens with zero attached hydrogens (tertiary/aromatic N) is 1. The summed E-state index contributed by atoms with van der Waals surface area (Å²) in [5.41, 5.74) is -0.0664. The first-order valence-corrected chi connectivity index (χ1v) is 5.75. The molecule has 0 atom stereocenters. The third kappa shape index (κ3) is 4.52. The molecule has 1 aromatic rings. The van der Waals surface area contributed by atoms with Crippen LogP contribution in [0.3, 0.4) is 0 Å². The molecule has 0 aliphatic carbocycles. The smallest absolute Gasteiger partial charge is 0.330 e. The fraction of sp³-hybridized carbons (Fsp3) is 0.231. The molecule has 0 aromatic heterocycles. The Morgan fingerprint density at radius 3 is 2.65 bits per heavy atom. The van der Waals surface area contributed by atoms with E-state index in [-0.39, 0.29) is 23.6 Å². The molecule has 1 rings (SSSR count). The van der Waals surface area contributed by atoms with Crippen LogP contribution in [0.1, 0.15) is 19.4 Å². The van der Waals surface area contributed by atoms with Gasteiger partial charge in [-0.15, -0.1) is 0 Å². The highest BCUT2D eigenvalue weighted by Gasteiger charge is 2.13. The van der Waals surface area contributed by atoms with Crippen molar-refractivity contribution in [2.24, 2.45) is 0 Å². The standard InChI is InChI=1S/C13H13NO6/c1-3-19-13(16)7-4-10-8-11(20-9(2)15)5-6-12(10)14(17)18/h4-8H,3H2,1-2H3. The summed E-state index contributed by atoms with van der Waals surface area (Å²) in [6.07, 6.45) is 2.31. The van der Waals surface area contributed by atoms with Gasteiger partial charge < -0.3 is 9.47 Å². The van der Waals surface area contributed by atoms with E-state index in [9.17, 15) is 19.7 Å². The summed E-state index contributed by atoms with van der Waals surface area (Å²) in [6.45, 7) is 3.07. The van der Waals surface area contributed by atoms with Gasteiger partial charge in [-0.05, 0) is 25.1 Å². The zero-order valence-electron chi connectivity index (χ0n) is 11.0. The number of hydrogen-bond acceptors (Lipinski definition) is 6. The van der Waals surface area contributed by atoms with E-state index >= 15 is 0 Å². The summed E-state index contributed by atoms with van der Waals surface area (Å²) >= 11 is 0. The van der Waals surface area contributed by atoms with Crippen LogP contribution in [-0.2, 0) is 14.3 Å². The Kier molecular flexibility index (Phi) is 5.40. The largest absolute Gasteiger partial charge is 0.463 e. The molecule has 0 saturated carbocycles. The molecular weight excluding hydrogens is 266 g/mol. The number of hydrogen-bond donors (Lipinski definition) is 0. The van der Waals surface area contributed by atoms with E-state index in [1.54, 1.807) is 6.92 Å². The summed E-state index contributed by atoms with van der Waals surface area (Å²) in [7, 11) is 0. The van der Waals surface area contributed by atoms with Crippen LogP contribution in [0, 0.1) is 10.1 Å². The van der Waals surface area contributed by atoms with Crippen molar-refractivity contribution >= 4 is 23.7 Å². The highest BCUT2D eigenvalue weighted by Crippen LogP contribution is 2.25. The van der Waals surface area contributed by atoms with E-state index in [1.165, 1.54) is 31.2 Å². The lowest BCUT2D eigenvalue weighted by Crippen LogP contribution is -2.02. The van der Waals surface area contributed by atoms with E-state index in [2.05, 4.69) is 4.74 Å². The van der Waals surface area contributed by atoms with Crippen molar-refractivity contribution < 1.29 is 24.0 Å². The highest BCUT2D eigenvalue weighted by atomic mass is 16.6. The summed E-state index contributed by atoms with van der Waals surface area (Å²) in [5.74, 6) is -0.995. The summed E-state index contributed by atoms with van der Waals surface area (Å²) in [6, 6.07) is 3.81. The predicted octanol–water partition coefficient (Wildman–Crippen LogP) is 2.10. The molecule has 0 saturated heterocycles. The molecule has 0 aliphatic heterocycles. The molecular formula is C13H13NO6. The van der Waals surface area contributed by atoms with Crippen molar-refractivity contribution in [3.05, 3.63) is 40.0 Å². The predicted molar refractivity (Wildman–Crippen MR) is 70.1 cm³/mol. The van der Waals surface area contributed by atoms with Crippen molar-refractivity contribution in [2.45, 2.75) is 13.8 Å². The Morgan fingerprint density at radius 2 is 2.10 bits per heavy atom. The number of rotatable bonds is 5. The molecule has 106 valence electrons. The maximum absolute atomic E-state index is 11.2. The minimum Gasteiger partial charge on any atom is -0.463 e. The SMILES string of the molecule is CCOC(=O)C=Cc1cc(OC(C)=O)ccc1[N+](=O)[O-]. The van der Waals surface area contributed by atoms with Gasteiger partial charge in [-0.2, -0.15) is 0 Å². The topological polar surface area (TPSA) is 95.7 Å². The van der Waals surface area contributed by atoms with Gasteiger partial charge in [0, 0.05) is 19.1 Å². The minimum atomic E-state index is -0.611. The molecule has 7 heteroatoms. The summed E-state index contributed by atoms with van der Waals surface area (Å²) in [5, 5.41) is 10.9. The monoisotopic (exact) mass is 279 g/mol. The van der Waals surface area contributed by atoms with Gasteiger partial charge in [0.05, 0.1) is 17.1 Å². The molecule has 0 heterocycles. The molecule has 0 radical (unpaired) electrons. The van der Waals surface area contributed by atoms with Gasteiger partial charge in [0.2, 0.25) is 0 Å². The third-order valence-electron chi connectivity index (χ3n) is 2.14. The van der Waals surface area contributed by atoms with Crippen LogP contribution in [0.15, 0.2) is 24.3 Å². The number of carbonyl (C=O) groups is 2. The van der Waals surface area contributed by atoms with Gasteiger partial charge in [0.25, 0.3) is 5.69 Å². The van der Waals surface area contributed by atoms with Crippen LogP contribution < -0.4 is 4.74 Å². The second-order valence-electron chi connectivity index (χ2n) is 3.66. The van der Waals surface area contributed by atoms with Crippen molar-refractivity contribution in [2.75, 3.05) is 6.61 Å². The molecule has 0 aliphatic rings. The molecule has 0 spiro atoms. The maximum atomic E-state index is 11.2. The Hall–Kier alpha value is -2.70. The lowest BCUT2D eigenvalue weighted by molar-refractivity contribution is -0.385. The quantitative estimate of drug-likeness (QED) is 0.269. The van der Waals surface area contributed by atoms with E-state index in [0.29, 0.717) is 0 Å². The molecule has 7 nitrogen and oxygen atoms in total. The van der Waals surface area contributed by atoms with Crippen molar-refractivity contribution in [1.29, 1.82) is 0 Å². The Labute approximate surface area is 114 Å². The molecule has 0 unspecified atom stereocenters. The number of esters is 2. The van der Waals surface area contributed by atoms with E-state index < -0.39 is 16.9 Å². The fourth-order valence-corrected chi connectivity index (χ4v) is 1.41. The van der Waals surface area contributed by atoms with Crippen LogP contribution in [0.5, 0.6) is 5.75 Å². The van der Waals surface area contributed by atoms with Crippen molar-refractivity contribution in [1.82, 2.24) is 0 Å². The highest BCUT2D eigenvalue weighted by molar-refractivity contribution is 5.88. The molecule has 1 aromatic carbocycles. The summed E-state index contributed by atoms with van der Waals surface area (Å²) < 4.78 is 9.51. The number of carbonyl (C=O) groups excluding carboxylic acids is 2. The number of nitro benzene ring substituents is 1. The minimum absolute atomic E-state index is 0.141. The zero-order chi connectivity index (χ0) is 15.1. The zero-order valence-corrected chi connectivity index (χ0v) is 11.0. The average Bonchev–Trinajstić information content (AvgIpc) is 2.35. The number of ether oxygens (including phenoxy) is 2. The first kappa shape index (κ1) is 15.4. The number of nitro groups is 1. The van der Waals surface area contributed by atoms with Crippen LogP contribution in [0.2, 0.25) is 0 Å². The van der Waals surface area contributed by atoms with Crippen molar-refractivity contribution in [3.63, 3.8) is 0 Å². The van der Waals surface area contributed by atoms with Crippen LogP contribution in [-0.4, -0.2) is 23.5 Å². The first-order valence-electron chi connectivity index (χ1n) is 5.75. The Morgan fingerprint density at radius 1 is 1.40 bits per heavy atom. The molecule has 0 amide bonds. The van der Waals surface area contributed by atoms with Gasteiger partial charge in [0.15, 0.2) is 0 Å². The van der Waals surface area contributed by atoms with Crippen LogP contribution >= 0.6 is 0 Å². The normalized spacial score (nSPS) is 10.3. The molecule has 20 heavy (non-hydrogen) atoms. The van der Waals surface area contributed by atoms with Crippen molar-refractivity contribution in [3.8, 4) is 5.75 Å². The lowest BCUT2D eigenvalue weighted by atomic mass is 10.1. The molecule has 0 bridgehead atoms. The summed E-state index contributed by atoms with van der Waals surface area (Å²) in [4.78, 5) is 32.3. The first-order chi connectivity index (χ1) is 9.43. The van der Waals surface area contributed by atoms with Gasteiger partial charge in [-0.3, -0.25) is 14.9 Å². The average molecular weight is 279 g/mol. The van der Waals surface area contributed by atoms with Gasteiger partial charge >= 0.3 is 11.9 Å². The maximum Gasteiger partial charge on any atom is 0.330 e. The second-order valence-corrected chi connectivity index (χ2v) is 3.66. The van der Waals surface area contributed by atoms with Crippen LogP contribution in [0.4, 0.5) is 5.69 Å². The Bertz CT molecular complexity index is 564. The van der Waals surface area contributed by atoms with Gasteiger partial charge in [-0.1, -0.05) is 0 Å². The Balaban J connectivity index is 3.08. The molecule has 0 N–H and O–H groups in total. The third-order valence-corrected chi connectivity index (χ3v) is 2.14. The fourth-order valence-electron chi connectivity index (χ4n) is 1.41. The van der Waals surface area contributed by atoms with Gasteiger partial charge in [-0.25, -0.2) is 4.79 Å². The van der Waals surface area contributed by atoms with E-state index in [1.807, 2.05) is 0 Å². The molecule has 0 fully saturated rings. The van der Waals surface area contributed by atoms with Crippen LogP contribution in [0.25, 0.3) is 6.08 Å². The second kappa shape index (κ2) is 7.03. The van der Waals surface area contributed by atoms with Gasteiger partial charge in [0.1, 0.15) is 5.75 Å². The van der Waals surface area contributed by atoms with E-state index in [4.69, 9.17) is 4.74 Å². The van der Waals surface area contributed by atoms with E-state index in [0.717, 1.165) is 6.08 Å². The lowest BCUT2D eigenvalue weighted by Gasteiger charge is -2.03.